The Labute approximate surface area is 146 Å². The summed E-state index contributed by atoms with van der Waals surface area (Å²) in [6.07, 6.45) is 0. The van der Waals surface area contributed by atoms with Gasteiger partial charge in [0.25, 0.3) is 0 Å². The van der Waals surface area contributed by atoms with E-state index in [-0.39, 0.29) is 24.0 Å². The molecule has 0 aliphatic heterocycles. The van der Waals surface area contributed by atoms with E-state index in [0.29, 0.717) is 13.1 Å². The lowest BCUT2D eigenvalue weighted by Gasteiger charge is -2.10. The number of halogens is 1. The van der Waals surface area contributed by atoms with E-state index < -0.39 is 0 Å². The Morgan fingerprint density at radius 3 is 2.76 bits per heavy atom. The SMILES string of the molecule is CCNC(=NCc1ccsc1)NCc1nnc(C)n1C.I. The van der Waals surface area contributed by atoms with E-state index in [1.807, 2.05) is 25.5 Å². The fraction of sp³-hybridized carbons (Fsp3) is 0.462. The van der Waals surface area contributed by atoms with Gasteiger partial charge in [0, 0.05) is 13.6 Å². The molecule has 0 aliphatic carbocycles. The van der Waals surface area contributed by atoms with Crippen LogP contribution in [0.2, 0.25) is 0 Å². The van der Waals surface area contributed by atoms with Gasteiger partial charge in [-0.25, -0.2) is 4.99 Å². The van der Waals surface area contributed by atoms with Gasteiger partial charge in [-0.3, -0.25) is 0 Å². The lowest BCUT2D eigenvalue weighted by atomic mass is 10.3. The monoisotopic (exact) mass is 420 g/mol. The van der Waals surface area contributed by atoms with Crippen molar-refractivity contribution in [3.8, 4) is 0 Å². The number of rotatable bonds is 5. The first kappa shape index (κ1) is 17.9. The summed E-state index contributed by atoms with van der Waals surface area (Å²) in [4.78, 5) is 4.55. The van der Waals surface area contributed by atoms with Gasteiger partial charge in [0.05, 0.1) is 13.1 Å². The van der Waals surface area contributed by atoms with Gasteiger partial charge in [0.15, 0.2) is 11.8 Å². The average molecular weight is 420 g/mol. The molecule has 0 radical (unpaired) electrons. The summed E-state index contributed by atoms with van der Waals surface area (Å²) >= 11 is 1.69. The highest BCUT2D eigenvalue weighted by Crippen LogP contribution is 2.06. The molecule has 0 amide bonds. The fourth-order valence-corrected chi connectivity index (χ4v) is 2.32. The first-order valence-corrected chi connectivity index (χ1v) is 7.53. The molecule has 0 bridgehead atoms. The minimum absolute atomic E-state index is 0. The van der Waals surface area contributed by atoms with Crippen molar-refractivity contribution in [1.82, 2.24) is 25.4 Å². The molecule has 2 aromatic rings. The number of guanidine groups is 1. The first-order valence-electron chi connectivity index (χ1n) is 6.58. The first-order chi connectivity index (χ1) is 9.70. The normalized spacial score (nSPS) is 11.1. The van der Waals surface area contributed by atoms with Gasteiger partial charge in [0.1, 0.15) is 5.82 Å². The standard InChI is InChI=1S/C13H20N6S.HI/c1-4-14-13(15-7-11-5-6-20-9-11)16-8-12-18-17-10(2)19(12)3;/h5-6,9H,4,7-8H2,1-3H3,(H2,14,15,16);1H. The lowest BCUT2D eigenvalue weighted by Crippen LogP contribution is -2.37. The van der Waals surface area contributed by atoms with Crippen LogP contribution >= 0.6 is 35.3 Å². The third-order valence-electron chi connectivity index (χ3n) is 2.94. The van der Waals surface area contributed by atoms with Crippen LogP contribution in [0.4, 0.5) is 0 Å². The van der Waals surface area contributed by atoms with Crippen LogP contribution in [0.1, 0.15) is 24.1 Å². The van der Waals surface area contributed by atoms with Crippen LogP contribution in [0.15, 0.2) is 21.8 Å². The Kier molecular flexibility index (Phi) is 7.65. The minimum atomic E-state index is 0. The molecule has 6 nitrogen and oxygen atoms in total. The van der Waals surface area contributed by atoms with Crippen LogP contribution in [-0.2, 0) is 20.1 Å². The maximum absolute atomic E-state index is 4.55. The van der Waals surface area contributed by atoms with E-state index in [9.17, 15) is 0 Å². The van der Waals surface area contributed by atoms with Crippen molar-refractivity contribution in [3.05, 3.63) is 34.0 Å². The Morgan fingerprint density at radius 2 is 2.19 bits per heavy atom. The Bertz CT molecular complexity index is 563. The quantitative estimate of drug-likeness (QED) is 0.442. The van der Waals surface area contributed by atoms with Crippen molar-refractivity contribution >= 4 is 41.3 Å². The van der Waals surface area contributed by atoms with Crippen molar-refractivity contribution < 1.29 is 0 Å². The Hall–Kier alpha value is -1.16. The highest BCUT2D eigenvalue weighted by molar-refractivity contribution is 14.0. The number of hydrogen-bond acceptors (Lipinski definition) is 4. The van der Waals surface area contributed by atoms with Crippen LogP contribution in [0.25, 0.3) is 0 Å². The Morgan fingerprint density at radius 1 is 1.38 bits per heavy atom. The van der Waals surface area contributed by atoms with Gasteiger partial charge in [-0.15, -0.1) is 34.2 Å². The van der Waals surface area contributed by atoms with Gasteiger partial charge in [-0.05, 0) is 36.2 Å². The molecule has 2 N–H and O–H groups in total. The summed E-state index contributed by atoms with van der Waals surface area (Å²) in [5.41, 5.74) is 1.22. The van der Waals surface area contributed by atoms with Crippen LogP contribution in [0, 0.1) is 6.92 Å². The maximum Gasteiger partial charge on any atom is 0.191 e. The molecule has 0 saturated carbocycles. The van der Waals surface area contributed by atoms with E-state index in [2.05, 4.69) is 42.6 Å². The number of aromatic nitrogens is 3. The second kappa shape index (κ2) is 8.98. The third kappa shape index (κ3) is 5.27. The van der Waals surface area contributed by atoms with Crippen LogP contribution < -0.4 is 10.6 Å². The summed E-state index contributed by atoms with van der Waals surface area (Å²) in [5, 5.41) is 18.8. The summed E-state index contributed by atoms with van der Waals surface area (Å²) in [5.74, 6) is 2.59. The largest absolute Gasteiger partial charge is 0.357 e. The van der Waals surface area contributed by atoms with Crippen LogP contribution in [0.3, 0.4) is 0 Å². The predicted octanol–water partition coefficient (Wildman–Crippen LogP) is 2.06. The fourth-order valence-electron chi connectivity index (χ4n) is 1.66. The van der Waals surface area contributed by atoms with Gasteiger partial charge >= 0.3 is 0 Å². The van der Waals surface area contributed by atoms with Crippen molar-refractivity contribution in [2.24, 2.45) is 12.0 Å². The lowest BCUT2D eigenvalue weighted by molar-refractivity contribution is 0.718. The van der Waals surface area contributed by atoms with Gasteiger partial charge < -0.3 is 15.2 Å². The molecule has 2 aromatic heterocycles. The third-order valence-corrected chi connectivity index (χ3v) is 3.67. The molecular weight excluding hydrogens is 399 g/mol. The van der Waals surface area contributed by atoms with Crippen LogP contribution in [-0.4, -0.2) is 27.3 Å². The smallest absolute Gasteiger partial charge is 0.191 e. The number of hydrogen-bond donors (Lipinski definition) is 2. The molecule has 0 fully saturated rings. The van der Waals surface area contributed by atoms with Gasteiger partial charge in [-0.2, -0.15) is 11.3 Å². The molecule has 2 rings (SSSR count). The van der Waals surface area contributed by atoms with Crippen molar-refractivity contribution in [2.75, 3.05) is 6.54 Å². The molecule has 0 aliphatic rings. The number of nitrogens with zero attached hydrogens (tertiary/aromatic N) is 4. The summed E-state index contributed by atoms with van der Waals surface area (Å²) in [6.45, 7) is 6.09. The van der Waals surface area contributed by atoms with E-state index in [0.717, 1.165) is 24.2 Å². The Balaban J connectivity index is 0.00000220. The predicted molar refractivity (Wildman–Crippen MR) is 97.1 cm³/mol. The topological polar surface area (TPSA) is 67.1 Å². The molecule has 2 heterocycles. The second-order valence-electron chi connectivity index (χ2n) is 4.40. The number of aryl methyl sites for hydroxylation is 1. The van der Waals surface area contributed by atoms with Crippen LogP contribution in [0.5, 0.6) is 0 Å². The van der Waals surface area contributed by atoms with E-state index in [1.54, 1.807) is 11.3 Å². The van der Waals surface area contributed by atoms with Gasteiger partial charge in [-0.1, -0.05) is 0 Å². The molecule has 8 heteroatoms. The molecule has 0 aromatic carbocycles. The number of thiophene rings is 1. The van der Waals surface area contributed by atoms with Crippen molar-refractivity contribution in [3.63, 3.8) is 0 Å². The number of nitrogens with one attached hydrogen (secondary N) is 2. The minimum Gasteiger partial charge on any atom is -0.357 e. The average Bonchev–Trinajstić information content (AvgIpc) is 3.06. The van der Waals surface area contributed by atoms with Crippen molar-refractivity contribution in [2.45, 2.75) is 26.9 Å². The maximum atomic E-state index is 4.55. The molecular formula is C13H21IN6S. The summed E-state index contributed by atoms with van der Waals surface area (Å²) in [6, 6.07) is 2.09. The molecule has 0 spiro atoms. The zero-order valence-electron chi connectivity index (χ0n) is 12.5. The zero-order chi connectivity index (χ0) is 14.4. The van der Waals surface area contributed by atoms with Crippen molar-refractivity contribution in [1.29, 1.82) is 0 Å². The van der Waals surface area contributed by atoms with E-state index in [1.165, 1.54) is 5.56 Å². The van der Waals surface area contributed by atoms with E-state index >= 15 is 0 Å². The van der Waals surface area contributed by atoms with Gasteiger partial charge in [0.2, 0.25) is 0 Å². The van der Waals surface area contributed by atoms with E-state index in [4.69, 9.17) is 0 Å². The number of aliphatic imine (C=N–C) groups is 1. The molecule has 0 saturated heterocycles. The molecule has 0 unspecified atom stereocenters. The highest BCUT2D eigenvalue weighted by atomic mass is 127. The summed E-state index contributed by atoms with van der Waals surface area (Å²) in [7, 11) is 1.96. The molecule has 116 valence electrons. The second-order valence-corrected chi connectivity index (χ2v) is 5.18. The molecule has 0 atom stereocenters. The highest BCUT2D eigenvalue weighted by Gasteiger charge is 2.05. The summed E-state index contributed by atoms with van der Waals surface area (Å²) < 4.78 is 1.97. The zero-order valence-corrected chi connectivity index (χ0v) is 15.6. The molecule has 21 heavy (non-hydrogen) atoms.